The number of hydrogen-bond acceptors (Lipinski definition) is 6. The van der Waals surface area contributed by atoms with E-state index in [2.05, 4.69) is 44.0 Å². The van der Waals surface area contributed by atoms with Gasteiger partial charge in [0.05, 0.1) is 23.2 Å². The molecule has 8 rings (SSSR count). The van der Waals surface area contributed by atoms with Gasteiger partial charge in [0.1, 0.15) is 0 Å². The summed E-state index contributed by atoms with van der Waals surface area (Å²) >= 11 is 0. The Morgan fingerprint density at radius 2 is 1.07 bits per heavy atom. The van der Waals surface area contributed by atoms with Crippen LogP contribution in [0.25, 0.3) is 21.8 Å². The van der Waals surface area contributed by atoms with Gasteiger partial charge in [-0.25, -0.2) is 0 Å². The molecule has 2 aromatic heterocycles. The molecule has 2 atom stereocenters. The van der Waals surface area contributed by atoms with Crippen molar-refractivity contribution in [2.45, 2.75) is 51.6 Å². The Balaban J connectivity index is 0.000000137. The van der Waals surface area contributed by atoms with Gasteiger partial charge in [0.25, 0.3) is 0 Å². The van der Waals surface area contributed by atoms with Crippen molar-refractivity contribution in [2.24, 2.45) is 0 Å². The minimum Gasteiger partial charge on any atom is -0.367 e. The van der Waals surface area contributed by atoms with E-state index in [4.69, 9.17) is 0 Å². The van der Waals surface area contributed by atoms with Gasteiger partial charge in [0, 0.05) is 71.5 Å². The van der Waals surface area contributed by atoms with E-state index >= 15 is 0 Å². The van der Waals surface area contributed by atoms with Gasteiger partial charge in [-0.3, -0.25) is 19.2 Å². The van der Waals surface area contributed by atoms with E-state index < -0.39 is 0 Å². The van der Waals surface area contributed by atoms with Gasteiger partial charge in [-0.1, -0.05) is 36.4 Å². The maximum Gasteiger partial charge on any atom is 0.170 e. The average molecular weight is 561 g/mol. The second-order valence-corrected chi connectivity index (χ2v) is 11.6. The molecule has 2 aromatic carbocycles. The Hall–Kier alpha value is -4.72. The van der Waals surface area contributed by atoms with Crippen LogP contribution in [0.2, 0.25) is 0 Å². The Kier molecular flexibility index (Phi) is 6.22. The number of H-pyrrole nitrogens is 2. The molecular weight excluding hydrogens is 528 g/mol. The van der Waals surface area contributed by atoms with Crippen LogP contribution in [0, 0.1) is 0 Å². The molecule has 8 nitrogen and oxygen atoms in total. The monoisotopic (exact) mass is 560 g/mol. The number of carbonyl (C=O) groups is 4. The topological polar surface area (TPSA) is 106 Å². The molecule has 0 saturated heterocycles. The normalized spacial score (nSPS) is 21.0. The SMILES string of the molecule is CC(=O)C1=CN2CCc3c([nH]c4ccccc34)[C@@H]2CC1=O.CC(=O)C1=CN2CCc3c([nH]c4ccccc34)[C@@H]2CC1=O. The lowest BCUT2D eigenvalue weighted by Crippen LogP contribution is -2.37. The van der Waals surface area contributed by atoms with Gasteiger partial charge in [0.2, 0.25) is 0 Å². The quantitative estimate of drug-likeness (QED) is 0.333. The van der Waals surface area contributed by atoms with Gasteiger partial charge in [-0.05, 0) is 49.9 Å². The van der Waals surface area contributed by atoms with E-state index in [1.165, 1.54) is 35.7 Å². The number of allylic oxidation sites excluding steroid dienone is 2. The van der Waals surface area contributed by atoms with Crippen LogP contribution in [0.15, 0.2) is 72.1 Å². The Morgan fingerprint density at radius 1 is 0.667 bits per heavy atom. The molecule has 0 saturated carbocycles. The first kappa shape index (κ1) is 26.2. The smallest absolute Gasteiger partial charge is 0.170 e. The molecule has 6 heterocycles. The summed E-state index contributed by atoms with van der Waals surface area (Å²) in [6.45, 7) is 4.62. The lowest BCUT2D eigenvalue weighted by atomic mass is 9.89. The summed E-state index contributed by atoms with van der Waals surface area (Å²) in [4.78, 5) is 58.7. The molecule has 0 aliphatic carbocycles. The van der Waals surface area contributed by atoms with Crippen LogP contribution in [0.5, 0.6) is 0 Å². The van der Waals surface area contributed by atoms with Gasteiger partial charge in [-0.2, -0.15) is 0 Å². The zero-order valence-electron chi connectivity index (χ0n) is 23.7. The zero-order valence-corrected chi connectivity index (χ0v) is 23.7. The summed E-state index contributed by atoms with van der Waals surface area (Å²) in [7, 11) is 0. The summed E-state index contributed by atoms with van der Waals surface area (Å²) in [6.07, 6.45) is 6.15. The number of para-hydroxylation sites is 2. The van der Waals surface area contributed by atoms with E-state index in [1.54, 1.807) is 12.4 Å². The number of rotatable bonds is 2. The second-order valence-electron chi connectivity index (χ2n) is 11.6. The van der Waals surface area contributed by atoms with Gasteiger partial charge >= 0.3 is 0 Å². The maximum absolute atomic E-state index is 12.2. The fourth-order valence-corrected chi connectivity index (χ4v) is 7.04. The molecule has 4 aliphatic heterocycles. The van der Waals surface area contributed by atoms with E-state index in [1.807, 2.05) is 24.3 Å². The first-order valence-electron chi connectivity index (χ1n) is 14.5. The van der Waals surface area contributed by atoms with E-state index in [-0.39, 0.29) is 35.2 Å². The van der Waals surface area contributed by atoms with Crippen LogP contribution in [0.3, 0.4) is 0 Å². The van der Waals surface area contributed by atoms with E-state index in [9.17, 15) is 19.2 Å². The third kappa shape index (κ3) is 4.21. The summed E-state index contributed by atoms with van der Waals surface area (Å²) in [5.41, 5.74) is 7.83. The highest BCUT2D eigenvalue weighted by molar-refractivity contribution is 6.20. The maximum atomic E-state index is 12.2. The third-order valence-electron chi connectivity index (χ3n) is 9.11. The first-order valence-corrected chi connectivity index (χ1v) is 14.5. The van der Waals surface area contributed by atoms with Crippen molar-refractivity contribution in [2.75, 3.05) is 13.1 Å². The predicted octanol–water partition coefficient (Wildman–Crippen LogP) is 5.03. The highest BCUT2D eigenvalue weighted by Crippen LogP contribution is 2.40. The molecular formula is C34H32N4O4. The number of ketones is 4. The highest BCUT2D eigenvalue weighted by atomic mass is 16.2. The first-order chi connectivity index (χ1) is 20.3. The highest BCUT2D eigenvalue weighted by Gasteiger charge is 2.37. The molecule has 0 bridgehead atoms. The number of benzene rings is 2. The van der Waals surface area contributed by atoms with Crippen molar-refractivity contribution >= 4 is 44.9 Å². The van der Waals surface area contributed by atoms with Crippen molar-refractivity contribution in [3.8, 4) is 0 Å². The standard InChI is InChI=1S/2C17H16N2O2/c2*1-10(20)13-9-19-7-6-12-11-4-2-3-5-14(11)18-17(12)15(19)8-16(13)21/h2*2-5,9,15,18H,6-8H2,1H3/t2*15-/m00/s1. The fraction of sp³-hybridized carbons (Fsp3) is 0.294. The van der Waals surface area contributed by atoms with Crippen LogP contribution < -0.4 is 0 Å². The Bertz CT molecular complexity index is 1740. The number of aromatic nitrogens is 2. The Labute approximate surface area is 243 Å². The van der Waals surface area contributed by atoms with E-state index in [0.29, 0.717) is 24.0 Å². The van der Waals surface area contributed by atoms with Crippen LogP contribution >= 0.6 is 0 Å². The number of nitrogens with zero attached hydrogens (tertiary/aromatic N) is 2. The van der Waals surface area contributed by atoms with Crippen LogP contribution in [-0.2, 0) is 32.0 Å². The van der Waals surface area contributed by atoms with Gasteiger partial charge in [-0.15, -0.1) is 0 Å². The van der Waals surface area contributed by atoms with Gasteiger partial charge in [0.15, 0.2) is 23.1 Å². The number of fused-ring (bicyclic) bond motifs is 10. The van der Waals surface area contributed by atoms with E-state index in [0.717, 1.165) is 48.4 Å². The van der Waals surface area contributed by atoms with Crippen molar-refractivity contribution in [1.82, 2.24) is 19.8 Å². The van der Waals surface area contributed by atoms with Gasteiger partial charge < -0.3 is 19.8 Å². The molecule has 0 fully saturated rings. The molecule has 0 amide bonds. The predicted molar refractivity (Wildman–Crippen MR) is 160 cm³/mol. The summed E-state index contributed by atoms with van der Waals surface area (Å²) in [5.74, 6) is -0.368. The van der Waals surface area contributed by atoms with Crippen LogP contribution in [0.4, 0.5) is 0 Å². The third-order valence-corrected chi connectivity index (χ3v) is 9.11. The Morgan fingerprint density at radius 3 is 1.48 bits per heavy atom. The average Bonchev–Trinajstić information content (AvgIpc) is 3.56. The summed E-state index contributed by atoms with van der Waals surface area (Å²) in [6, 6.07) is 16.6. The van der Waals surface area contributed by atoms with Crippen molar-refractivity contribution < 1.29 is 19.2 Å². The molecule has 8 heteroatoms. The molecule has 42 heavy (non-hydrogen) atoms. The number of nitrogens with one attached hydrogen (secondary N) is 2. The lowest BCUT2D eigenvalue weighted by Gasteiger charge is -2.37. The summed E-state index contributed by atoms with van der Waals surface area (Å²) < 4.78 is 0. The minimum absolute atomic E-state index is 0.0387. The number of hydrogen-bond donors (Lipinski definition) is 2. The van der Waals surface area contributed by atoms with Crippen LogP contribution in [0.1, 0.15) is 61.3 Å². The summed E-state index contributed by atoms with van der Waals surface area (Å²) in [5, 5.41) is 2.50. The molecule has 2 N–H and O–H groups in total. The fourth-order valence-electron chi connectivity index (χ4n) is 7.04. The largest absolute Gasteiger partial charge is 0.367 e. The minimum atomic E-state index is -0.138. The number of Topliss-reactive ketones (excluding diaryl/α,β-unsaturated/α-hetero) is 4. The molecule has 0 radical (unpaired) electrons. The molecule has 0 unspecified atom stereocenters. The number of carbonyl (C=O) groups excluding carboxylic acids is 4. The van der Waals surface area contributed by atoms with Crippen LogP contribution in [-0.4, -0.2) is 56.0 Å². The van der Waals surface area contributed by atoms with Crippen molar-refractivity contribution in [3.05, 3.63) is 94.6 Å². The molecule has 4 aromatic rings. The molecule has 0 spiro atoms. The van der Waals surface area contributed by atoms with Crippen molar-refractivity contribution in [1.29, 1.82) is 0 Å². The number of aromatic amines is 2. The second kappa shape index (κ2) is 9.98. The van der Waals surface area contributed by atoms with Crippen molar-refractivity contribution in [3.63, 3.8) is 0 Å². The zero-order chi connectivity index (χ0) is 29.1. The molecule has 212 valence electrons. The molecule has 4 aliphatic rings. The lowest BCUT2D eigenvalue weighted by molar-refractivity contribution is -0.123.